The molecule has 0 N–H and O–H groups in total. The molecule has 3 aliphatic rings. The molecule has 4 heteroatoms. The second-order valence-corrected chi connectivity index (χ2v) is 14.3. The van der Waals surface area contributed by atoms with E-state index in [9.17, 15) is 4.79 Å². The van der Waals surface area contributed by atoms with Crippen molar-refractivity contribution in [3.8, 4) is 0 Å². The van der Waals surface area contributed by atoms with E-state index in [0.717, 1.165) is 29.0 Å². The Morgan fingerprint density at radius 2 is 1.59 bits per heavy atom. The summed E-state index contributed by atoms with van der Waals surface area (Å²) in [5, 5.41) is 4.10. The molecule has 7 rings (SSSR count). The minimum Gasteiger partial charge on any atom is -0.361 e. The number of carbonyl (C=O) groups excluding carboxylic acids is 1. The molecule has 224 valence electrons. The van der Waals surface area contributed by atoms with Gasteiger partial charge in [-0.3, -0.25) is 9.79 Å². The van der Waals surface area contributed by atoms with Crippen LogP contribution in [0.2, 0.25) is 0 Å². The predicted molar refractivity (Wildman–Crippen MR) is 177 cm³/mol. The molecule has 0 bridgehead atoms. The molecule has 2 heterocycles. The Morgan fingerprint density at radius 1 is 0.864 bits per heavy atom. The quantitative estimate of drug-likeness (QED) is 0.178. The Kier molecular flexibility index (Phi) is 7.48. The number of carbonyl (C=O) groups is 1. The molecule has 2 aliphatic carbocycles. The third-order valence-electron chi connectivity index (χ3n) is 9.88. The van der Waals surface area contributed by atoms with E-state index in [4.69, 9.17) is 9.52 Å². The van der Waals surface area contributed by atoms with Crippen molar-refractivity contribution >= 4 is 17.2 Å². The van der Waals surface area contributed by atoms with Gasteiger partial charge in [0, 0.05) is 36.0 Å². The average molecular weight is 583 g/mol. The van der Waals surface area contributed by atoms with Crippen LogP contribution in [0.15, 0.2) is 94.5 Å². The summed E-state index contributed by atoms with van der Waals surface area (Å²) in [5.41, 5.74) is 11.4. The molecule has 0 saturated heterocycles. The van der Waals surface area contributed by atoms with E-state index in [1.807, 2.05) is 6.07 Å². The molecule has 0 radical (unpaired) electrons. The SMILES string of the molecule is CC(C)(C)c1cc(CC(=O)Cc2ccc(C3=CC4C(=N3)Cc3cc(CCC5(CCc6ccccc6)CC5)ccc34)cc2)no1. The molecule has 0 amide bonds. The lowest BCUT2D eigenvalue weighted by Gasteiger charge is -2.16. The number of aliphatic imine (C=N–C) groups is 1. The van der Waals surface area contributed by atoms with E-state index in [0.29, 0.717) is 17.5 Å². The summed E-state index contributed by atoms with van der Waals surface area (Å²) in [5.74, 6) is 1.23. The van der Waals surface area contributed by atoms with E-state index in [-0.39, 0.29) is 23.5 Å². The number of hydrogen-bond donors (Lipinski definition) is 0. The minimum absolute atomic E-state index is 0.117. The van der Waals surface area contributed by atoms with Gasteiger partial charge in [-0.15, -0.1) is 0 Å². The summed E-state index contributed by atoms with van der Waals surface area (Å²) in [6.45, 7) is 6.23. The third kappa shape index (κ3) is 6.26. The molecule has 1 atom stereocenters. The zero-order valence-electron chi connectivity index (χ0n) is 26.2. The van der Waals surface area contributed by atoms with Crippen LogP contribution in [0.3, 0.4) is 0 Å². The summed E-state index contributed by atoms with van der Waals surface area (Å²) in [4.78, 5) is 17.8. The van der Waals surface area contributed by atoms with E-state index >= 15 is 0 Å². The number of nitrogens with zero attached hydrogens (tertiary/aromatic N) is 2. The number of hydrogen-bond acceptors (Lipinski definition) is 4. The van der Waals surface area contributed by atoms with Gasteiger partial charge in [0.1, 0.15) is 11.5 Å². The van der Waals surface area contributed by atoms with Gasteiger partial charge in [-0.25, -0.2) is 0 Å². The lowest BCUT2D eigenvalue weighted by molar-refractivity contribution is -0.117. The average Bonchev–Trinajstić information content (AvgIpc) is 3.28. The predicted octanol–water partition coefficient (Wildman–Crippen LogP) is 8.81. The van der Waals surface area contributed by atoms with Gasteiger partial charge >= 0.3 is 0 Å². The van der Waals surface area contributed by atoms with Gasteiger partial charge in [0.15, 0.2) is 0 Å². The molecule has 3 aromatic carbocycles. The number of Topliss-reactive ketones (excluding diaryl/α,β-unsaturated/α-hetero) is 1. The molecule has 1 aromatic heterocycles. The minimum atomic E-state index is -0.117. The normalized spacial score (nSPS) is 18.0. The van der Waals surface area contributed by atoms with Crippen LogP contribution < -0.4 is 0 Å². The van der Waals surface area contributed by atoms with Crippen LogP contribution in [-0.2, 0) is 42.3 Å². The summed E-state index contributed by atoms with van der Waals surface area (Å²) >= 11 is 0. The highest BCUT2D eigenvalue weighted by atomic mass is 16.5. The number of aryl methyl sites for hydroxylation is 2. The van der Waals surface area contributed by atoms with Gasteiger partial charge in [0.2, 0.25) is 0 Å². The first-order chi connectivity index (χ1) is 21.2. The van der Waals surface area contributed by atoms with Crippen LogP contribution in [0, 0.1) is 5.41 Å². The van der Waals surface area contributed by atoms with Crippen LogP contribution in [0.25, 0.3) is 5.70 Å². The van der Waals surface area contributed by atoms with Gasteiger partial charge in [-0.2, -0.15) is 0 Å². The van der Waals surface area contributed by atoms with Crippen molar-refractivity contribution in [3.63, 3.8) is 0 Å². The number of allylic oxidation sites excluding steroid dienone is 1. The van der Waals surface area contributed by atoms with Crippen molar-refractivity contribution in [3.05, 3.63) is 130 Å². The largest absolute Gasteiger partial charge is 0.361 e. The van der Waals surface area contributed by atoms with Crippen molar-refractivity contribution < 1.29 is 9.32 Å². The molecule has 1 unspecified atom stereocenters. The molecule has 0 spiro atoms. The number of aromatic nitrogens is 1. The topological polar surface area (TPSA) is 55.5 Å². The fraction of sp³-hybridized carbons (Fsp3) is 0.375. The summed E-state index contributed by atoms with van der Waals surface area (Å²) in [6, 6.07) is 28.3. The Morgan fingerprint density at radius 3 is 2.30 bits per heavy atom. The molecule has 4 aromatic rings. The highest BCUT2D eigenvalue weighted by Crippen LogP contribution is 2.53. The van der Waals surface area contributed by atoms with Crippen molar-refractivity contribution in [1.29, 1.82) is 0 Å². The third-order valence-corrected chi connectivity index (χ3v) is 9.88. The molecule has 4 nitrogen and oxygen atoms in total. The van der Waals surface area contributed by atoms with Gasteiger partial charge < -0.3 is 4.52 Å². The fourth-order valence-corrected chi connectivity index (χ4v) is 6.86. The fourth-order valence-electron chi connectivity index (χ4n) is 6.86. The molecule has 1 aliphatic heterocycles. The van der Waals surface area contributed by atoms with Crippen molar-refractivity contribution in [2.45, 2.75) is 89.9 Å². The Balaban J connectivity index is 0.937. The van der Waals surface area contributed by atoms with E-state index in [1.165, 1.54) is 66.5 Å². The maximum absolute atomic E-state index is 12.7. The smallest absolute Gasteiger partial charge is 0.143 e. The first kappa shape index (κ1) is 28.7. The summed E-state index contributed by atoms with van der Waals surface area (Å²) < 4.78 is 5.44. The number of fused-ring (bicyclic) bond motifs is 3. The monoisotopic (exact) mass is 582 g/mol. The van der Waals surface area contributed by atoms with Gasteiger partial charge in [0.25, 0.3) is 0 Å². The second-order valence-electron chi connectivity index (χ2n) is 14.3. The highest BCUT2D eigenvalue weighted by Gasteiger charge is 2.41. The van der Waals surface area contributed by atoms with E-state index in [1.54, 1.807) is 0 Å². The summed E-state index contributed by atoms with van der Waals surface area (Å²) in [6.07, 6.45) is 11.7. The maximum atomic E-state index is 12.7. The van der Waals surface area contributed by atoms with Crippen LogP contribution >= 0.6 is 0 Å². The van der Waals surface area contributed by atoms with Gasteiger partial charge in [-0.1, -0.05) is 98.7 Å². The van der Waals surface area contributed by atoms with Crippen molar-refractivity contribution in [2.75, 3.05) is 0 Å². The maximum Gasteiger partial charge on any atom is 0.143 e. The number of benzene rings is 3. The van der Waals surface area contributed by atoms with Crippen molar-refractivity contribution in [2.24, 2.45) is 10.4 Å². The lowest BCUT2D eigenvalue weighted by Crippen LogP contribution is -2.09. The first-order valence-electron chi connectivity index (χ1n) is 16.3. The molecular formula is C40H42N2O2. The van der Waals surface area contributed by atoms with Crippen LogP contribution in [0.5, 0.6) is 0 Å². The Hall–Kier alpha value is -4.05. The number of rotatable bonds is 11. The van der Waals surface area contributed by atoms with Crippen LogP contribution in [-0.4, -0.2) is 16.7 Å². The standard InChI is InChI=1S/C40H42N2O2/c1-39(2,3)38-25-32(42-44-38)24-33(43)22-28-9-12-30(13-10-28)36-26-35-34-14-11-29(21-31(34)23-37(35)41-36)16-18-40(19-20-40)17-15-27-7-5-4-6-8-27/h4-14,21,25-26,35H,15-20,22-24H2,1-3H3. The Labute approximate surface area is 261 Å². The zero-order valence-corrected chi connectivity index (χ0v) is 26.2. The molecule has 1 fully saturated rings. The van der Waals surface area contributed by atoms with Gasteiger partial charge in [-0.05, 0) is 83.4 Å². The van der Waals surface area contributed by atoms with Crippen LogP contribution in [0.1, 0.15) is 97.2 Å². The van der Waals surface area contributed by atoms with Gasteiger partial charge in [0.05, 0.1) is 17.8 Å². The number of ketones is 1. The second kappa shape index (κ2) is 11.5. The molecule has 1 saturated carbocycles. The first-order valence-corrected chi connectivity index (χ1v) is 16.3. The van der Waals surface area contributed by atoms with Crippen LogP contribution in [0.4, 0.5) is 0 Å². The Bertz CT molecular complexity index is 1730. The van der Waals surface area contributed by atoms with Crippen molar-refractivity contribution in [1.82, 2.24) is 5.16 Å². The zero-order chi connectivity index (χ0) is 30.3. The molecular weight excluding hydrogens is 540 g/mol. The molecule has 44 heavy (non-hydrogen) atoms. The van der Waals surface area contributed by atoms with E-state index in [2.05, 4.69) is 105 Å². The van der Waals surface area contributed by atoms with E-state index < -0.39 is 0 Å². The lowest BCUT2D eigenvalue weighted by atomic mass is 9.89. The summed E-state index contributed by atoms with van der Waals surface area (Å²) in [7, 11) is 0. The highest BCUT2D eigenvalue weighted by molar-refractivity contribution is 6.05.